The summed E-state index contributed by atoms with van der Waals surface area (Å²) in [5.74, 6) is 1.33. The van der Waals surface area contributed by atoms with E-state index in [1.54, 1.807) is 11.3 Å². The monoisotopic (exact) mass is 526 g/mol. The van der Waals surface area contributed by atoms with Crippen molar-refractivity contribution in [1.82, 2.24) is 15.3 Å². The summed E-state index contributed by atoms with van der Waals surface area (Å²) in [6, 6.07) is 14.5. The maximum Gasteiger partial charge on any atom is 0.188 e. The number of hydrogen-bond acceptors (Lipinski definition) is 6. The minimum absolute atomic E-state index is 0. The molecule has 1 aliphatic rings. The van der Waals surface area contributed by atoms with Gasteiger partial charge in [-0.2, -0.15) is 0 Å². The fourth-order valence-electron chi connectivity index (χ4n) is 3.07. The number of ether oxygens (including phenoxy) is 1. The summed E-state index contributed by atoms with van der Waals surface area (Å²) < 4.78 is 5.65. The molecule has 4 rings (SSSR count). The second-order valence-electron chi connectivity index (χ2n) is 6.42. The van der Waals surface area contributed by atoms with Gasteiger partial charge in [0.05, 0.1) is 18.1 Å². The lowest BCUT2D eigenvalue weighted by Crippen LogP contribution is -2.24. The molecule has 0 amide bonds. The lowest BCUT2D eigenvalue weighted by Gasteiger charge is -2.14. The van der Waals surface area contributed by atoms with E-state index in [1.165, 1.54) is 11.1 Å². The molecule has 1 aliphatic heterocycles. The number of nitrogens with one attached hydrogen (secondary N) is 2. The molecule has 0 radical (unpaired) electrons. The van der Waals surface area contributed by atoms with Gasteiger partial charge in [-0.1, -0.05) is 41.7 Å². The number of halogens is 2. The Morgan fingerprint density at radius 1 is 1.14 bits per heavy atom. The highest BCUT2D eigenvalue weighted by atomic mass is 79.9. The van der Waals surface area contributed by atoms with Crippen LogP contribution in [0.2, 0.25) is 0 Å². The first-order valence-corrected chi connectivity index (χ1v) is 9.70. The van der Waals surface area contributed by atoms with Crippen molar-refractivity contribution in [3.8, 4) is 10.4 Å². The summed E-state index contributed by atoms with van der Waals surface area (Å²) in [6.07, 6.45) is 4.74. The third-order valence-corrected chi connectivity index (χ3v) is 5.32. The number of benzene rings is 1. The van der Waals surface area contributed by atoms with Gasteiger partial charge < -0.3 is 15.4 Å². The standard InChI is InChI=1S/C20H22N4OS.2BrH/c1-2-4-17(5-3-1)18-13-23-20(26-18)24-19-11-15(6-7-22-19)10-16-12-21-8-9-25-14-16;;/h1-7,11,13,16,21H,8-10,12,14H2,(H,22,23,24);2*1H. The van der Waals surface area contributed by atoms with Gasteiger partial charge in [-0.15, -0.1) is 34.0 Å². The SMILES string of the molecule is Br.Br.c1ccc(-c2cnc(Nc3cc(CC4CNCCOC4)ccn3)s2)cc1. The van der Waals surface area contributed by atoms with Gasteiger partial charge in [0.2, 0.25) is 0 Å². The average Bonchev–Trinajstić information content (AvgIpc) is 2.98. The Balaban J connectivity index is 0.00000140. The number of aromatic nitrogens is 2. The zero-order chi connectivity index (χ0) is 17.6. The van der Waals surface area contributed by atoms with E-state index in [9.17, 15) is 0 Å². The first-order valence-electron chi connectivity index (χ1n) is 8.88. The Morgan fingerprint density at radius 3 is 2.86 bits per heavy atom. The van der Waals surface area contributed by atoms with Crippen LogP contribution in [0.15, 0.2) is 54.9 Å². The Bertz CT molecular complexity index is 839. The van der Waals surface area contributed by atoms with Crippen LogP contribution in [0.5, 0.6) is 0 Å². The van der Waals surface area contributed by atoms with Crippen LogP contribution < -0.4 is 10.6 Å². The predicted molar refractivity (Wildman–Crippen MR) is 127 cm³/mol. The van der Waals surface area contributed by atoms with Gasteiger partial charge in [0.15, 0.2) is 5.13 Å². The van der Waals surface area contributed by atoms with Crippen molar-refractivity contribution in [2.75, 3.05) is 31.6 Å². The Labute approximate surface area is 190 Å². The molecule has 2 aromatic heterocycles. The second kappa shape index (κ2) is 11.6. The molecule has 1 atom stereocenters. The van der Waals surface area contributed by atoms with E-state index in [-0.39, 0.29) is 34.0 Å². The van der Waals surface area contributed by atoms with Crippen molar-refractivity contribution in [3.05, 3.63) is 60.4 Å². The molecule has 1 aromatic carbocycles. The maximum absolute atomic E-state index is 5.65. The molecule has 0 spiro atoms. The minimum atomic E-state index is 0. The molecule has 2 N–H and O–H groups in total. The lowest BCUT2D eigenvalue weighted by molar-refractivity contribution is 0.123. The largest absolute Gasteiger partial charge is 0.380 e. The molecular weight excluding hydrogens is 504 g/mol. The Kier molecular flexibility index (Phi) is 9.53. The van der Waals surface area contributed by atoms with Crippen LogP contribution in [0.25, 0.3) is 10.4 Å². The Hall–Kier alpha value is -1.32. The van der Waals surface area contributed by atoms with Gasteiger partial charge in [-0.25, -0.2) is 9.97 Å². The van der Waals surface area contributed by atoms with Gasteiger partial charge in [0.1, 0.15) is 5.82 Å². The van der Waals surface area contributed by atoms with Gasteiger partial charge in [-0.3, -0.25) is 0 Å². The molecule has 0 bridgehead atoms. The second-order valence-corrected chi connectivity index (χ2v) is 7.45. The van der Waals surface area contributed by atoms with Crippen LogP contribution in [0.4, 0.5) is 10.9 Å². The number of rotatable bonds is 5. The van der Waals surface area contributed by atoms with Gasteiger partial charge in [-0.05, 0) is 35.6 Å². The molecule has 8 heteroatoms. The molecule has 3 heterocycles. The topological polar surface area (TPSA) is 59.1 Å². The van der Waals surface area contributed by atoms with E-state index in [4.69, 9.17) is 4.74 Å². The minimum Gasteiger partial charge on any atom is -0.380 e. The summed E-state index contributed by atoms with van der Waals surface area (Å²) in [7, 11) is 0. The molecule has 1 saturated heterocycles. The van der Waals surface area contributed by atoms with E-state index >= 15 is 0 Å². The van der Waals surface area contributed by atoms with Gasteiger partial charge >= 0.3 is 0 Å². The normalized spacial score (nSPS) is 16.4. The van der Waals surface area contributed by atoms with Crippen molar-refractivity contribution in [3.63, 3.8) is 0 Å². The molecule has 150 valence electrons. The first kappa shape index (κ1) is 23.0. The smallest absolute Gasteiger partial charge is 0.188 e. The van der Waals surface area contributed by atoms with Crippen LogP contribution in [0.1, 0.15) is 5.56 Å². The van der Waals surface area contributed by atoms with E-state index in [0.29, 0.717) is 5.92 Å². The zero-order valence-corrected chi connectivity index (χ0v) is 19.6. The van der Waals surface area contributed by atoms with Crippen molar-refractivity contribution < 1.29 is 4.74 Å². The molecule has 28 heavy (non-hydrogen) atoms. The van der Waals surface area contributed by atoms with Gasteiger partial charge in [0, 0.05) is 25.5 Å². The molecule has 1 fully saturated rings. The third kappa shape index (κ3) is 6.35. The molecule has 3 aromatic rings. The summed E-state index contributed by atoms with van der Waals surface area (Å²) >= 11 is 1.63. The van der Waals surface area contributed by atoms with Crippen LogP contribution >= 0.6 is 45.3 Å². The van der Waals surface area contributed by atoms with Crippen LogP contribution in [0, 0.1) is 5.92 Å². The third-order valence-electron chi connectivity index (χ3n) is 4.36. The fourth-order valence-corrected chi connectivity index (χ4v) is 3.90. The summed E-state index contributed by atoms with van der Waals surface area (Å²) in [4.78, 5) is 10.1. The van der Waals surface area contributed by atoms with E-state index in [2.05, 4.69) is 44.9 Å². The van der Waals surface area contributed by atoms with E-state index in [0.717, 1.165) is 48.6 Å². The maximum atomic E-state index is 5.65. The average molecular weight is 528 g/mol. The number of thiazole rings is 1. The molecule has 0 saturated carbocycles. The fraction of sp³-hybridized carbons (Fsp3) is 0.300. The van der Waals surface area contributed by atoms with Gasteiger partial charge in [0.25, 0.3) is 0 Å². The van der Waals surface area contributed by atoms with Crippen LogP contribution in [-0.4, -0.2) is 36.3 Å². The molecule has 0 aliphatic carbocycles. The van der Waals surface area contributed by atoms with Crippen LogP contribution in [0.3, 0.4) is 0 Å². The highest BCUT2D eigenvalue weighted by molar-refractivity contribution is 8.93. The first-order chi connectivity index (χ1) is 12.9. The van der Waals surface area contributed by atoms with E-state index < -0.39 is 0 Å². The van der Waals surface area contributed by atoms with Crippen molar-refractivity contribution in [2.24, 2.45) is 5.92 Å². The molecule has 5 nitrogen and oxygen atoms in total. The highest BCUT2D eigenvalue weighted by Gasteiger charge is 2.13. The van der Waals surface area contributed by atoms with Crippen LogP contribution in [-0.2, 0) is 11.2 Å². The van der Waals surface area contributed by atoms with Crippen molar-refractivity contribution >= 4 is 56.2 Å². The number of hydrogen-bond donors (Lipinski definition) is 2. The summed E-state index contributed by atoms with van der Waals surface area (Å²) in [5.41, 5.74) is 2.44. The lowest BCUT2D eigenvalue weighted by atomic mass is 10.0. The molecular formula is C20H24Br2N4OS. The van der Waals surface area contributed by atoms with Crippen molar-refractivity contribution in [1.29, 1.82) is 0 Å². The highest BCUT2D eigenvalue weighted by Crippen LogP contribution is 2.30. The molecule has 1 unspecified atom stereocenters. The van der Waals surface area contributed by atoms with E-state index in [1.807, 2.05) is 30.6 Å². The van der Waals surface area contributed by atoms with Crippen molar-refractivity contribution in [2.45, 2.75) is 6.42 Å². The number of anilines is 2. The summed E-state index contributed by atoms with van der Waals surface area (Å²) in [5, 5.41) is 7.61. The number of nitrogens with zero attached hydrogens (tertiary/aromatic N) is 2. The Morgan fingerprint density at radius 2 is 2.00 bits per heavy atom. The summed E-state index contributed by atoms with van der Waals surface area (Å²) in [6.45, 7) is 3.55. The number of pyridine rings is 1. The predicted octanol–water partition coefficient (Wildman–Crippen LogP) is 4.88. The zero-order valence-electron chi connectivity index (χ0n) is 15.3. The quantitative estimate of drug-likeness (QED) is 0.495.